The lowest BCUT2D eigenvalue weighted by atomic mass is 10.2. The molecule has 1 fully saturated rings. The second kappa shape index (κ2) is 4.79. The molecule has 4 N–H and O–H groups in total. The van der Waals surface area contributed by atoms with Crippen molar-refractivity contribution in [3.8, 4) is 0 Å². The van der Waals surface area contributed by atoms with Crippen LogP contribution in [0.3, 0.4) is 0 Å². The SMILES string of the molecule is NC(=S)c1cc(F)ccc1NS(=O)(=O)NC1CC1. The molecule has 0 spiro atoms. The maximum atomic E-state index is 13.1. The zero-order valence-electron chi connectivity index (χ0n) is 9.31. The lowest BCUT2D eigenvalue weighted by Gasteiger charge is -2.12. The zero-order chi connectivity index (χ0) is 13.3. The van der Waals surface area contributed by atoms with E-state index in [-0.39, 0.29) is 22.3 Å². The number of nitrogens with two attached hydrogens (primary N) is 1. The Bertz CT molecular complexity index is 585. The smallest absolute Gasteiger partial charge is 0.299 e. The Morgan fingerprint density at radius 1 is 1.44 bits per heavy atom. The Morgan fingerprint density at radius 3 is 2.67 bits per heavy atom. The molecule has 98 valence electrons. The topological polar surface area (TPSA) is 84.2 Å². The van der Waals surface area contributed by atoms with E-state index in [4.69, 9.17) is 18.0 Å². The van der Waals surface area contributed by atoms with Crippen molar-refractivity contribution in [3.63, 3.8) is 0 Å². The van der Waals surface area contributed by atoms with E-state index in [0.717, 1.165) is 25.0 Å². The number of benzene rings is 1. The van der Waals surface area contributed by atoms with Crippen LogP contribution in [0.25, 0.3) is 0 Å². The molecule has 18 heavy (non-hydrogen) atoms. The van der Waals surface area contributed by atoms with E-state index in [9.17, 15) is 12.8 Å². The summed E-state index contributed by atoms with van der Waals surface area (Å²) in [6, 6.07) is 3.50. The minimum absolute atomic E-state index is 0.0174. The highest BCUT2D eigenvalue weighted by molar-refractivity contribution is 7.90. The lowest BCUT2D eigenvalue weighted by Crippen LogP contribution is -2.32. The third-order valence-corrected chi connectivity index (χ3v) is 3.74. The van der Waals surface area contributed by atoms with Crippen LogP contribution >= 0.6 is 12.2 Å². The van der Waals surface area contributed by atoms with E-state index in [1.807, 2.05) is 0 Å². The summed E-state index contributed by atoms with van der Waals surface area (Å²) >= 11 is 4.75. The number of rotatable bonds is 5. The van der Waals surface area contributed by atoms with Crippen LogP contribution in [0.5, 0.6) is 0 Å². The minimum atomic E-state index is -3.68. The molecule has 0 unspecified atom stereocenters. The predicted octanol–water partition coefficient (Wildman–Crippen LogP) is 0.869. The average molecular weight is 289 g/mol. The highest BCUT2D eigenvalue weighted by Gasteiger charge is 2.27. The van der Waals surface area contributed by atoms with Gasteiger partial charge >= 0.3 is 0 Å². The fourth-order valence-electron chi connectivity index (χ4n) is 1.40. The first-order valence-corrected chi connectivity index (χ1v) is 7.16. The summed E-state index contributed by atoms with van der Waals surface area (Å²) in [5.74, 6) is -0.532. The largest absolute Gasteiger partial charge is 0.389 e. The molecule has 0 heterocycles. The summed E-state index contributed by atoms with van der Waals surface area (Å²) in [5.41, 5.74) is 5.75. The number of hydrogen-bond acceptors (Lipinski definition) is 3. The van der Waals surface area contributed by atoms with Crippen LogP contribution in [0.2, 0.25) is 0 Å². The average Bonchev–Trinajstić information content (AvgIpc) is 3.03. The second-order valence-corrected chi connectivity index (χ2v) is 5.94. The molecule has 1 aliphatic carbocycles. The molecule has 1 aliphatic rings. The van der Waals surface area contributed by atoms with Crippen molar-refractivity contribution >= 4 is 33.1 Å². The van der Waals surface area contributed by atoms with Gasteiger partial charge in [0.2, 0.25) is 0 Å². The van der Waals surface area contributed by atoms with Gasteiger partial charge in [-0.15, -0.1) is 0 Å². The molecular weight excluding hydrogens is 277 g/mol. The van der Waals surface area contributed by atoms with Crippen LogP contribution in [-0.4, -0.2) is 19.4 Å². The standard InChI is InChI=1S/C10H12FN3O2S2/c11-6-1-4-9(8(5-6)10(12)17)14-18(15,16)13-7-2-3-7/h1,4-5,7,13-14H,2-3H2,(H2,12,17). The molecule has 1 aromatic carbocycles. The van der Waals surface area contributed by atoms with Crippen molar-refractivity contribution in [2.45, 2.75) is 18.9 Å². The molecule has 0 aliphatic heterocycles. The molecule has 5 nitrogen and oxygen atoms in total. The van der Waals surface area contributed by atoms with Gasteiger partial charge in [-0.3, -0.25) is 4.72 Å². The molecule has 8 heteroatoms. The van der Waals surface area contributed by atoms with Crippen molar-refractivity contribution in [3.05, 3.63) is 29.6 Å². The Labute approximate surface area is 110 Å². The van der Waals surface area contributed by atoms with Crippen LogP contribution in [0.4, 0.5) is 10.1 Å². The van der Waals surface area contributed by atoms with Gasteiger partial charge in [-0.2, -0.15) is 13.1 Å². The van der Waals surface area contributed by atoms with Crippen molar-refractivity contribution in [2.75, 3.05) is 4.72 Å². The molecule has 1 aromatic rings. The summed E-state index contributed by atoms with van der Waals surface area (Å²) in [4.78, 5) is -0.0707. The Morgan fingerprint density at radius 2 is 2.11 bits per heavy atom. The summed E-state index contributed by atoms with van der Waals surface area (Å²) in [6.07, 6.45) is 1.65. The molecule has 0 bridgehead atoms. The molecule has 1 saturated carbocycles. The highest BCUT2D eigenvalue weighted by Crippen LogP contribution is 2.22. The van der Waals surface area contributed by atoms with Crippen molar-refractivity contribution in [1.29, 1.82) is 0 Å². The van der Waals surface area contributed by atoms with E-state index >= 15 is 0 Å². The Kier molecular flexibility index (Phi) is 3.51. The molecule has 2 rings (SSSR count). The Balaban J connectivity index is 2.25. The summed E-state index contributed by atoms with van der Waals surface area (Å²) in [6.45, 7) is 0. The highest BCUT2D eigenvalue weighted by atomic mass is 32.2. The van der Waals surface area contributed by atoms with E-state index in [0.29, 0.717) is 0 Å². The summed E-state index contributed by atoms with van der Waals surface area (Å²) < 4.78 is 41.2. The molecule has 0 amide bonds. The van der Waals surface area contributed by atoms with Crippen molar-refractivity contribution < 1.29 is 12.8 Å². The number of thiocarbonyl (C=S) groups is 1. The van der Waals surface area contributed by atoms with Crippen LogP contribution in [-0.2, 0) is 10.2 Å². The van der Waals surface area contributed by atoms with Gasteiger partial charge in [-0.05, 0) is 31.0 Å². The lowest BCUT2D eigenvalue weighted by molar-refractivity contribution is 0.586. The minimum Gasteiger partial charge on any atom is -0.389 e. The normalized spacial score (nSPS) is 15.4. The molecule has 0 radical (unpaired) electrons. The molecule has 0 atom stereocenters. The predicted molar refractivity (Wildman–Crippen MR) is 71.0 cm³/mol. The van der Waals surface area contributed by atoms with Crippen LogP contribution in [0, 0.1) is 5.82 Å². The van der Waals surface area contributed by atoms with Crippen molar-refractivity contribution in [2.24, 2.45) is 5.73 Å². The van der Waals surface area contributed by atoms with Crippen LogP contribution in [0.15, 0.2) is 18.2 Å². The Hall–Kier alpha value is -1.25. The number of halogens is 1. The first-order valence-electron chi connectivity index (χ1n) is 5.27. The fraction of sp³-hybridized carbons (Fsp3) is 0.300. The van der Waals surface area contributed by atoms with Crippen LogP contribution in [0.1, 0.15) is 18.4 Å². The van der Waals surface area contributed by atoms with E-state index in [2.05, 4.69) is 9.44 Å². The van der Waals surface area contributed by atoms with E-state index in [1.54, 1.807) is 0 Å². The van der Waals surface area contributed by atoms with Gasteiger partial charge in [-0.25, -0.2) is 4.39 Å². The van der Waals surface area contributed by atoms with Gasteiger partial charge in [0.15, 0.2) is 0 Å². The monoisotopic (exact) mass is 289 g/mol. The number of hydrogen-bond donors (Lipinski definition) is 3. The van der Waals surface area contributed by atoms with Gasteiger partial charge in [0.25, 0.3) is 10.2 Å². The van der Waals surface area contributed by atoms with Crippen molar-refractivity contribution in [1.82, 2.24) is 4.72 Å². The van der Waals surface area contributed by atoms with E-state index < -0.39 is 16.0 Å². The first-order chi connectivity index (χ1) is 8.37. The third kappa shape index (κ3) is 3.37. The van der Waals surface area contributed by atoms with Crippen LogP contribution < -0.4 is 15.2 Å². The number of nitrogens with one attached hydrogen (secondary N) is 2. The maximum Gasteiger partial charge on any atom is 0.299 e. The summed E-state index contributed by atoms with van der Waals surface area (Å²) in [5, 5.41) is 0. The number of anilines is 1. The zero-order valence-corrected chi connectivity index (χ0v) is 10.9. The van der Waals surface area contributed by atoms with Gasteiger partial charge in [0.05, 0.1) is 5.69 Å². The quantitative estimate of drug-likeness (QED) is 0.702. The first kappa shape index (κ1) is 13.2. The van der Waals surface area contributed by atoms with Gasteiger partial charge < -0.3 is 5.73 Å². The maximum absolute atomic E-state index is 13.1. The van der Waals surface area contributed by atoms with E-state index in [1.165, 1.54) is 6.07 Å². The molecule has 0 aromatic heterocycles. The summed E-state index contributed by atoms with van der Waals surface area (Å²) in [7, 11) is -3.68. The third-order valence-electron chi connectivity index (χ3n) is 2.39. The van der Waals surface area contributed by atoms with Gasteiger partial charge in [-0.1, -0.05) is 12.2 Å². The van der Waals surface area contributed by atoms with Gasteiger partial charge in [0, 0.05) is 11.6 Å². The fourth-order valence-corrected chi connectivity index (χ4v) is 2.77. The molecular formula is C10H12FN3O2S2. The molecule has 0 saturated heterocycles. The van der Waals surface area contributed by atoms with Gasteiger partial charge in [0.1, 0.15) is 10.8 Å². The second-order valence-electron chi connectivity index (χ2n) is 4.05.